The van der Waals surface area contributed by atoms with Crippen LogP contribution >= 0.6 is 0 Å². The van der Waals surface area contributed by atoms with Crippen molar-refractivity contribution in [2.75, 3.05) is 78.7 Å². The molecule has 2 N–H and O–H groups in total. The summed E-state index contributed by atoms with van der Waals surface area (Å²) < 4.78 is 48.2. The first-order valence-corrected chi connectivity index (χ1v) is 35.1. The Morgan fingerprint density at radius 1 is 0.522 bits per heavy atom. The van der Waals surface area contributed by atoms with Crippen LogP contribution in [0.2, 0.25) is 0 Å². The number of nitrogens with zero attached hydrogens (tertiary/aromatic N) is 4. The number of Topliss-reactive ketones (excluding diaryl/α,β-unsaturated/α-hetero) is 1. The second-order valence-electron chi connectivity index (χ2n) is 32.5. The smallest absolute Gasteiger partial charge is 0.223 e. The number of halogens is 3. The lowest BCUT2D eigenvalue weighted by Crippen LogP contribution is -2.47. The first-order chi connectivity index (χ1) is 42.6. The van der Waals surface area contributed by atoms with E-state index in [2.05, 4.69) is 92.5 Å². The average molecular weight is 1250 g/mol. The SMILES string of the molecule is CC(=O)CCC(=O)N[C@H]1CCC2(CCN(CCC(C)(C)C)CC2)c2cc(F)ccc21.CC(C)(C)CCN1CCC2(CC[C@@H](NC(=O)CC3CCOCC3)c3ccc(F)cc32)CC1.CC(C)(C)CCN1CCC2(CC[C@H](N3CCCC3=O)c3ccc(F)cc32)CC1.[HH].[HH]. The van der Waals surface area contributed by atoms with E-state index in [0.717, 1.165) is 197 Å². The van der Waals surface area contributed by atoms with E-state index in [-0.39, 0.29) is 91.0 Å². The summed E-state index contributed by atoms with van der Waals surface area (Å²) in [5.74, 6) is 0.245. The maximum absolute atomic E-state index is 14.4. The Morgan fingerprint density at radius 2 is 0.911 bits per heavy atom. The number of carbonyl (C=O) groups excluding carboxylic acids is 4. The van der Waals surface area contributed by atoms with Crippen LogP contribution in [0.4, 0.5) is 13.2 Å². The summed E-state index contributed by atoms with van der Waals surface area (Å²) in [6, 6.07) is 15.7. The third-order valence-corrected chi connectivity index (χ3v) is 22.2. The normalized spacial score (nSPS) is 23.6. The predicted octanol–water partition coefficient (Wildman–Crippen LogP) is 15.8. The first kappa shape index (κ1) is 69.7. The standard InChI is InChI=1S/C27H41FN2O2.C25H37FN2O2.C24H35FN2O.2H2/c1-26(2,3)10-13-30-14-11-27(12-15-30)9-6-24(22-5-4-21(28)19-23(22)27)29-25(31)18-20-7-16-32-17-8-20;1-18(29)5-8-23(30)27-22-9-10-25(21-17-19(26)6-7-20(21)22)12-15-28(16-13-25)14-11-24(2,3)4;1-23(2,3)10-14-26-15-11-24(12-16-26)9-8-21(27-13-4-5-22(27)28)19-7-6-18(25)17-20(19)24;;/h4-5,19-20,24H,6-18H2,1-3H3,(H,29,31);6-7,17,22H,5,8-16H2,1-4H3,(H,27,30);6-7,17,21H,4-5,8-16H2,1-3H3;2*1H/t24-;22-;21-;;/m100../s1. The largest absolute Gasteiger partial charge is 0.381 e. The van der Waals surface area contributed by atoms with Gasteiger partial charge in [-0.25, -0.2) is 13.2 Å². The number of carbonyl (C=O) groups is 4. The van der Waals surface area contributed by atoms with Crippen molar-refractivity contribution in [1.29, 1.82) is 0 Å². The quantitative estimate of drug-likeness (QED) is 0.164. The zero-order valence-electron chi connectivity index (χ0n) is 57.0. The number of amides is 3. The number of fused-ring (bicyclic) bond motifs is 6. The molecule has 3 aromatic rings. The van der Waals surface area contributed by atoms with Crippen LogP contribution in [-0.2, 0) is 40.2 Å². The highest BCUT2D eigenvalue weighted by atomic mass is 19.1. The van der Waals surface area contributed by atoms with Crippen LogP contribution in [0, 0.1) is 39.6 Å². The number of piperidine rings is 3. The summed E-state index contributed by atoms with van der Waals surface area (Å²) in [4.78, 5) is 58.4. The highest BCUT2D eigenvalue weighted by molar-refractivity contribution is 5.84. The highest BCUT2D eigenvalue weighted by Crippen LogP contribution is 2.52. The summed E-state index contributed by atoms with van der Waals surface area (Å²) in [5, 5.41) is 6.39. The number of hydrogen-bond donors (Lipinski definition) is 2. The maximum atomic E-state index is 14.4. The molecule has 3 atom stereocenters. The Kier molecular flexibility index (Phi) is 23.1. The van der Waals surface area contributed by atoms with E-state index in [1.165, 1.54) is 43.4 Å². The van der Waals surface area contributed by atoms with Gasteiger partial charge < -0.3 is 39.8 Å². The summed E-state index contributed by atoms with van der Waals surface area (Å²) in [5.41, 5.74) is 8.05. The molecule has 0 unspecified atom stereocenters. The summed E-state index contributed by atoms with van der Waals surface area (Å²) in [6.45, 7) is 34.4. The van der Waals surface area contributed by atoms with Gasteiger partial charge in [0.15, 0.2) is 0 Å². The molecule has 502 valence electrons. The Labute approximate surface area is 542 Å². The van der Waals surface area contributed by atoms with Gasteiger partial charge in [-0.05, 0) is 290 Å². The Hall–Kier alpha value is -4.63. The third kappa shape index (κ3) is 18.4. The fourth-order valence-corrected chi connectivity index (χ4v) is 16.3. The predicted molar refractivity (Wildman–Crippen MR) is 359 cm³/mol. The molecule has 8 aliphatic rings. The zero-order chi connectivity index (χ0) is 64.7. The van der Waals surface area contributed by atoms with Crippen LogP contribution < -0.4 is 10.6 Å². The van der Waals surface area contributed by atoms with Gasteiger partial charge in [0, 0.05) is 48.3 Å². The van der Waals surface area contributed by atoms with Gasteiger partial charge in [0.2, 0.25) is 17.7 Å². The Bertz CT molecular complexity index is 2930. The lowest BCUT2D eigenvalue weighted by atomic mass is 9.63. The molecule has 14 heteroatoms. The molecule has 5 heterocycles. The molecule has 11 rings (SSSR count). The van der Waals surface area contributed by atoms with E-state index in [4.69, 9.17) is 4.74 Å². The molecule has 3 spiro atoms. The third-order valence-electron chi connectivity index (χ3n) is 22.2. The molecule has 3 amide bonds. The van der Waals surface area contributed by atoms with Crippen LogP contribution in [0.3, 0.4) is 0 Å². The van der Waals surface area contributed by atoms with Gasteiger partial charge in [-0.1, -0.05) is 80.5 Å². The van der Waals surface area contributed by atoms with E-state index < -0.39 is 0 Å². The molecule has 3 aliphatic carbocycles. The van der Waals surface area contributed by atoms with E-state index in [0.29, 0.717) is 35.0 Å². The van der Waals surface area contributed by atoms with Gasteiger partial charge in [-0.15, -0.1) is 0 Å². The van der Waals surface area contributed by atoms with Gasteiger partial charge in [-0.3, -0.25) is 14.4 Å². The summed E-state index contributed by atoms with van der Waals surface area (Å²) in [6.07, 6.45) is 20.6. The van der Waals surface area contributed by atoms with Crippen LogP contribution in [0.25, 0.3) is 0 Å². The molecule has 11 nitrogen and oxygen atoms in total. The molecule has 3 aromatic carbocycles. The lowest BCUT2D eigenvalue weighted by Gasteiger charge is -2.48. The molecule has 0 saturated carbocycles. The molecule has 0 aromatic heterocycles. The Morgan fingerprint density at radius 3 is 1.30 bits per heavy atom. The molecule has 0 bridgehead atoms. The topological polar surface area (TPSA) is 115 Å². The Balaban J connectivity index is 0.000000194. The summed E-state index contributed by atoms with van der Waals surface area (Å²) >= 11 is 0. The van der Waals surface area contributed by atoms with E-state index >= 15 is 0 Å². The van der Waals surface area contributed by atoms with Crippen molar-refractivity contribution in [3.63, 3.8) is 0 Å². The van der Waals surface area contributed by atoms with Gasteiger partial charge in [-0.2, -0.15) is 0 Å². The van der Waals surface area contributed by atoms with Gasteiger partial charge in [0.05, 0.1) is 18.1 Å². The molecule has 5 fully saturated rings. The van der Waals surface area contributed by atoms with Gasteiger partial charge in [0.1, 0.15) is 23.2 Å². The fourth-order valence-electron chi connectivity index (χ4n) is 16.3. The number of ether oxygens (including phenoxy) is 1. The molecule has 0 radical (unpaired) electrons. The molecule has 5 aliphatic heterocycles. The molecular weight excluding hydrogens is 1130 g/mol. The number of likely N-dealkylation sites (tertiary alicyclic amines) is 4. The van der Waals surface area contributed by atoms with Crippen molar-refractivity contribution in [1.82, 2.24) is 30.2 Å². The number of ketones is 1. The molecule has 90 heavy (non-hydrogen) atoms. The number of nitrogens with one attached hydrogen (secondary N) is 2. The van der Waals surface area contributed by atoms with Gasteiger partial charge >= 0.3 is 0 Å². The second-order valence-corrected chi connectivity index (χ2v) is 32.5. The lowest BCUT2D eigenvalue weighted by molar-refractivity contribution is -0.130. The minimum Gasteiger partial charge on any atom is -0.381 e. The minimum atomic E-state index is -0.202. The number of rotatable bonds is 14. The minimum absolute atomic E-state index is 0. The van der Waals surface area contributed by atoms with Crippen molar-refractivity contribution in [3.8, 4) is 0 Å². The van der Waals surface area contributed by atoms with Crippen LogP contribution in [0.1, 0.15) is 265 Å². The maximum Gasteiger partial charge on any atom is 0.223 e. The van der Waals surface area contributed by atoms with Crippen molar-refractivity contribution in [2.45, 2.75) is 245 Å². The van der Waals surface area contributed by atoms with Crippen molar-refractivity contribution < 1.29 is 39.9 Å². The molecule has 5 saturated heterocycles. The van der Waals surface area contributed by atoms with Crippen LogP contribution in [0.5, 0.6) is 0 Å². The highest BCUT2D eigenvalue weighted by Gasteiger charge is 2.47. The van der Waals surface area contributed by atoms with Crippen LogP contribution in [0.15, 0.2) is 54.6 Å². The fraction of sp³-hybridized carbons (Fsp3) is 0.711. The average Bonchev–Trinajstić information content (AvgIpc) is 0.935. The van der Waals surface area contributed by atoms with E-state index in [9.17, 15) is 32.3 Å². The first-order valence-electron chi connectivity index (χ1n) is 35.1. The van der Waals surface area contributed by atoms with Gasteiger partial charge in [0.25, 0.3) is 0 Å². The number of hydrogen-bond acceptors (Lipinski definition) is 8. The summed E-state index contributed by atoms with van der Waals surface area (Å²) in [7, 11) is 0. The van der Waals surface area contributed by atoms with Crippen molar-refractivity contribution in [2.24, 2.45) is 22.2 Å². The van der Waals surface area contributed by atoms with E-state index in [1.807, 2.05) is 18.2 Å². The van der Waals surface area contributed by atoms with Crippen molar-refractivity contribution >= 4 is 23.5 Å². The monoisotopic (exact) mass is 1250 g/mol. The second kappa shape index (κ2) is 29.8. The molecular formula is C76H117F3N6O5. The van der Waals surface area contributed by atoms with Crippen LogP contribution in [-0.4, -0.2) is 122 Å². The van der Waals surface area contributed by atoms with Crippen molar-refractivity contribution in [3.05, 3.63) is 105 Å². The van der Waals surface area contributed by atoms with E-state index in [1.54, 1.807) is 30.3 Å². The number of benzene rings is 3. The zero-order valence-corrected chi connectivity index (χ0v) is 57.0.